The topological polar surface area (TPSA) is 28.2 Å². The number of rotatable bonds is 6. The van der Waals surface area contributed by atoms with Gasteiger partial charge in [0.25, 0.3) is 0 Å². The molecule has 0 aromatic heterocycles. The van der Waals surface area contributed by atoms with Crippen molar-refractivity contribution in [3.05, 3.63) is 113 Å². The first-order valence-corrected chi connectivity index (χ1v) is 55.2. The molecule has 6 heteroatoms. The molecule has 32 aliphatic rings. The van der Waals surface area contributed by atoms with Gasteiger partial charge < -0.3 is 113 Å². The average molecular weight is 1840 g/mol. The van der Waals surface area contributed by atoms with E-state index in [4.69, 9.17) is 0 Å². The molecule has 0 radical (unpaired) electrons. The van der Waals surface area contributed by atoms with Crippen molar-refractivity contribution < 1.29 is 77.9 Å². The summed E-state index contributed by atoms with van der Waals surface area (Å²) in [6, 6.07) is 0. The summed E-state index contributed by atoms with van der Waals surface area (Å²) in [4.78, 5) is 0. The molecule has 0 N–H and O–H groups in total. The monoisotopic (exact) mass is 1830 g/mol. The predicted molar refractivity (Wildman–Crippen MR) is 471 cm³/mol. The Balaban J connectivity index is 0.000000265. The van der Waals surface area contributed by atoms with Crippen LogP contribution < -0.4 is 0 Å². The average Bonchev–Trinajstić information content (AvgIpc) is 1.47. The first-order chi connectivity index (χ1) is 58.3. The third kappa shape index (κ3) is 12.6. The Labute approximate surface area is 796 Å². The van der Waals surface area contributed by atoms with E-state index in [1.54, 1.807) is 51.4 Å². The van der Waals surface area contributed by atoms with Crippen LogP contribution in [-0.2, 0) is 77.9 Å². The maximum Gasteiger partial charge on any atom is 0 e. The number of nitrogens with zero attached hydrogens (tertiary/aromatic N) is 2. The van der Waals surface area contributed by atoms with Crippen molar-refractivity contribution in [2.24, 2.45) is 355 Å². The number of hydrogen-bond donors (Lipinski definition) is 0. The molecule has 60 atom stereocenters. The molecular formula is C116H156N2Zn4-18. The van der Waals surface area contributed by atoms with E-state index in [-0.39, 0.29) is 77.9 Å². The van der Waals surface area contributed by atoms with Crippen LogP contribution in [0.4, 0.5) is 0 Å². The zero-order valence-corrected chi connectivity index (χ0v) is 87.8. The Morgan fingerprint density at radius 1 is 0.156 bits per heavy atom. The van der Waals surface area contributed by atoms with Crippen LogP contribution in [0.15, 0.2) is 0 Å². The first kappa shape index (κ1) is 83.8. The summed E-state index contributed by atoms with van der Waals surface area (Å²) in [7, 11) is 0. The van der Waals surface area contributed by atoms with Crippen molar-refractivity contribution in [3.8, 4) is 0 Å². The molecular weight excluding hydrogens is 1680 g/mol. The van der Waals surface area contributed by atoms with Crippen LogP contribution in [0.1, 0.15) is 231 Å². The van der Waals surface area contributed by atoms with Crippen molar-refractivity contribution in [1.29, 1.82) is 0 Å². The molecule has 32 bridgehead atoms. The van der Waals surface area contributed by atoms with E-state index in [1.165, 1.54) is 193 Å². The smallest absolute Gasteiger partial charge is 0 e. The standard InChI is InChI=1S/C96H120.C20H36N2.4Zn/c1-2-42-9-41(1)13-49-21-57-59-23-51-15-43-3-4-45(10-43)17-53-25-61-62-26-55-19-47-7-8-48(12-47)20-56-28-64-63-27-54-18-46-6-5-44(11-46)16-52-24-60-58-22-50(14-42)30-66(58)82-74-37-73-81(65(57)29-49)83(67(59)31-51)75-38-77-85(69(61)33-53)87(71(62)35-55)79-40-80-88(72(64)36-56)86(70(63)34-54)78-39-76(84(82)68(60)32-52)92-90(74)89(73)91(75)93(77)95(79)96(80)94(78)92;1-4-17(8-10-19-6-2-12-21-15-19)14-18(5-1)9-11-20-7-3-13-22-16-20;;;;/h9-12,29-96H,1-8,13-28H2;17-20H,1-16H2;;;;/q-16;-2;;;;/t41-,42+,43+,44-,45?,46?,47?,48?,49+,50-,51-,52+,53?,54?,55?,56?,57+,58-,59-,60+,61?,62?,63?,64?,65?,66?,67?,68?,69?,70?,71?,72?,73?,74?,75?,76?,77?,78?,79?,80?,81?,82?,83?,84?,85?,86?,87?,88?,89?,90?,91?,92?,93?,94?,95?,96?;17-,18+,19+,20-;;;;. The fourth-order valence-corrected chi connectivity index (χ4v) is 47.9. The Hall–Kier alpha value is 2.41. The fourth-order valence-electron chi connectivity index (χ4n) is 47.9. The normalized spacial score (nSPS) is 64.1. The molecule has 0 aromatic carbocycles. The van der Waals surface area contributed by atoms with Gasteiger partial charge in [0.1, 0.15) is 0 Å². The molecule has 656 valence electrons. The summed E-state index contributed by atoms with van der Waals surface area (Å²) < 4.78 is 0. The maximum absolute atomic E-state index is 4.61. The molecule has 30 aliphatic carbocycles. The molecule has 32 fully saturated rings. The molecule has 32 rings (SSSR count). The minimum absolute atomic E-state index is 0. The Kier molecular flexibility index (Phi) is 22.0. The Morgan fingerprint density at radius 2 is 0.344 bits per heavy atom. The third-order valence-electron chi connectivity index (χ3n) is 49.6. The van der Waals surface area contributed by atoms with Gasteiger partial charge in [-0.25, -0.2) is 0 Å². The Morgan fingerprint density at radius 3 is 0.533 bits per heavy atom. The first-order valence-electron chi connectivity index (χ1n) is 55.2. The van der Waals surface area contributed by atoms with Crippen molar-refractivity contribution >= 4 is 0 Å². The SMILES string of the molecule is C1C[N-]C[C@@H](CC[C@@H]2CCC[C@H](CC[C@@H]3CCC[N-]C3)C2)C1.[CH-]1C2CCC1CC1[CH-]C3C(C1)C1CC4[CH-]C1C1C5[CH-]C6C7C5C5C([CH-]C8C9C%10[CH-]C(C2)CC%10C2CC%10[CH-]C2C9C2[CH-]C9C(C2C85)C2C5[CH-]C(C72)C2C6C6[CH-][C@H](C[C@@H]7[CH-]C(CC7)C4)C[C@@H]6[C@@H]4C[C@@H]([CH-]C24)C[C@H]2[CH-][C@H](CC2)C[C@H]2[CH-]C4C5C9C5[CH-][C@@H](C[C@H]6[CH-]C(CC6)C%10)C[C@H]5[C@H]4C2)C31.[Zn].[Zn].[Zn].[Zn]. The summed E-state index contributed by atoms with van der Waals surface area (Å²) in [5.41, 5.74) is 0. The van der Waals surface area contributed by atoms with Crippen LogP contribution >= 0.6 is 0 Å². The van der Waals surface area contributed by atoms with E-state index in [0.717, 1.165) is 368 Å². The minimum Gasteiger partial charge on any atom is -0.662 e. The molecule has 0 spiro atoms. The van der Waals surface area contributed by atoms with Gasteiger partial charge in [-0.05, 0) is 18.3 Å². The minimum atomic E-state index is 0. The number of hydrogen-bond acceptors (Lipinski definition) is 0. The quantitative estimate of drug-likeness (QED) is 0.187. The van der Waals surface area contributed by atoms with Gasteiger partial charge in [0, 0.05) is 77.9 Å². The summed E-state index contributed by atoms with van der Waals surface area (Å²) in [5.74, 6) is 55.4. The zero-order chi connectivity index (χ0) is 75.7. The van der Waals surface area contributed by atoms with Crippen molar-refractivity contribution in [1.82, 2.24) is 0 Å². The fraction of sp³-hybridized carbons (Fsp3) is 0.862. The Bertz CT molecular complexity index is 3130. The molecule has 122 heavy (non-hydrogen) atoms. The number of piperidine rings is 2. The molecule has 0 amide bonds. The van der Waals surface area contributed by atoms with Crippen LogP contribution in [-0.4, -0.2) is 26.2 Å². The van der Waals surface area contributed by atoms with Crippen LogP contribution in [0.3, 0.4) is 0 Å². The molecule has 2 nitrogen and oxygen atoms in total. The molecule has 30 saturated carbocycles. The van der Waals surface area contributed by atoms with Gasteiger partial charge in [-0.1, -0.05) is 327 Å². The van der Waals surface area contributed by atoms with Crippen molar-refractivity contribution in [2.45, 2.75) is 231 Å². The second-order valence-electron chi connectivity index (χ2n) is 53.4. The van der Waals surface area contributed by atoms with Gasteiger partial charge in [0.2, 0.25) is 0 Å². The van der Waals surface area contributed by atoms with Gasteiger partial charge >= 0.3 is 0 Å². The molecule has 2 aliphatic heterocycles. The van der Waals surface area contributed by atoms with Crippen LogP contribution in [0, 0.1) is 458 Å². The van der Waals surface area contributed by atoms with E-state index in [1.807, 2.05) is 0 Å². The van der Waals surface area contributed by atoms with Crippen LogP contribution in [0.5, 0.6) is 0 Å². The van der Waals surface area contributed by atoms with E-state index in [9.17, 15) is 0 Å². The van der Waals surface area contributed by atoms with Crippen LogP contribution in [0.2, 0.25) is 0 Å². The van der Waals surface area contributed by atoms with Gasteiger partial charge in [0.05, 0.1) is 0 Å². The predicted octanol–water partition coefficient (Wildman–Crippen LogP) is 25.4. The van der Waals surface area contributed by atoms with E-state index in [2.05, 4.69) is 113 Å². The number of fused-ring (bicyclic) bond motifs is 20. The van der Waals surface area contributed by atoms with Crippen molar-refractivity contribution in [2.75, 3.05) is 26.2 Å². The molecule has 0 aromatic rings. The third-order valence-corrected chi connectivity index (χ3v) is 49.6. The van der Waals surface area contributed by atoms with Gasteiger partial charge in [0.15, 0.2) is 0 Å². The zero-order valence-electron chi connectivity index (χ0n) is 75.9. The van der Waals surface area contributed by atoms with Gasteiger partial charge in [-0.2, -0.15) is 189 Å². The van der Waals surface area contributed by atoms with Gasteiger partial charge in [-0.3, -0.25) is 0 Å². The summed E-state index contributed by atoms with van der Waals surface area (Å²) in [5, 5.41) is 9.22. The van der Waals surface area contributed by atoms with E-state index >= 15 is 0 Å². The molecule has 44 unspecified atom stereocenters. The molecule has 2 heterocycles. The van der Waals surface area contributed by atoms with Crippen LogP contribution in [0.25, 0.3) is 10.6 Å². The molecule has 2 saturated heterocycles. The van der Waals surface area contributed by atoms with E-state index < -0.39 is 0 Å². The van der Waals surface area contributed by atoms with Gasteiger partial charge in [-0.15, -0.1) is 77.5 Å². The maximum atomic E-state index is 4.61. The summed E-state index contributed by atoms with van der Waals surface area (Å²) >= 11 is 0. The summed E-state index contributed by atoms with van der Waals surface area (Å²) in [6.07, 6.45) is 109. The summed E-state index contributed by atoms with van der Waals surface area (Å²) in [6.45, 7) is 4.60. The second kappa shape index (κ2) is 32.0. The largest absolute Gasteiger partial charge is 0.662 e. The second-order valence-corrected chi connectivity index (χ2v) is 53.4. The van der Waals surface area contributed by atoms with Crippen molar-refractivity contribution in [3.63, 3.8) is 0 Å². The van der Waals surface area contributed by atoms with E-state index in [0.29, 0.717) is 0 Å².